The Morgan fingerprint density at radius 3 is 1.26 bits per heavy atom. The summed E-state index contributed by atoms with van der Waals surface area (Å²) in [6, 6.07) is 22.3. The van der Waals surface area contributed by atoms with Gasteiger partial charge < -0.3 is 34.5 Å². The summed E-state index contributed by atoms with van der Waals surface area (Å²) in [6.45, 7) is 11.2. The molecular formula is C40H49N5O6P2. The third-order valence-electron chi connectivity index (χ3n) is 7.76. The average Bonchev–Trinajstić information content (AvgIpc) is 3.16. The molecule has 11 nitrogen and oxygen atoms in total. The normalized spacial score (nSPS) is 13.1. The van der Waals surface area contributed by atoms with Crippen molar-refractivity contribution in [3.8, 4) is 35.2 Å². The number of ether oxygens (including phenoxy) is 2. The fourth-order valence-electron chi connectivity index (χ4n) is 5.06. The first-order valence-corrected chi connectivity index (χ1v) is 21.6. The van der Waals surface area contributed by atoms with Gasteiger partial charge in [-0.25, -0.2) is 9.97 Å². The molecule has 0 saturated heterocycles. The fourth-order valence-corrected chi connectivity index (χ4v) is 7.68. The van der Waals surface area contributed by atoms with Gasteiger partial charge in [0.2, 0.25) is 14.7 Å². The molecule has 0 spiro atoms. The van der Waals surface area contributed by atoms with Crippen LogP contribution in [0, 0.1) is 23.7 Å². The molecule has 53 heavy (non-hydrogen) atoms. The van der Waals surface area contributed by atoms with Crippen LogP contribution < -0.4 is 36.3 Å². The molecule has 4 aromatic rings. The van der Waals surface area contributed by atoms with Gasteiger partial charge in [0, 0.05) is 74.9 Å². The van der Waals surface area contributed by atoms with Crippen molar-refractivity contribution >= 4 is 25.6 Å². The molecule has 280 valence electrons. The van der Waals surface area contributed by atoms with Crippen molar-refractivity contribution < 1.29 is 27.7 Å². The molecule has 0 aliphatic carbocycles. The Morgan fingerprint density at radius 1 is 0.547 bits per heavy atom. The minimum Gasteiger partial charge on any atom is -0.497 e. The minimum atomic E-state index is -3.10. The number of hydrogen-bond donors (Lipinski definition) is 3. The molecule has 0 amide bonds. The Bertz CT molecular complexity index is 1870. The second-order valence-electron chi connectivity index (χ2n) is 12.0. The van der Waals surface area contributed by atoms with Crippen molar-refractivity contribution in [1.29, 1.82) is 0 Å². The highest BCUT2D eigenvalue weighted by Crippen LogP contribution is 2.41. The summed E-state index contributed by atoms with van der Waals surface area (Å²) < 4.78 is 48.1. The summed E-state index contributed by atoms with van der Waals surface area (Å²) in [4.78, 5) is 9.30. The van der Waals surface area contributed by atoms with Gasteiger partial charge in [-0.05, 0) is 86.6 Å². The maximum Gasteiger partial charge on any atom is 0.247 e. The van der Waals surface area contributed by atoms with Crippen molar-refractivity contribution in [3.05, 3.63) is 106 Å². The van der Waals surface area contributed by atoms with Gasteiger partial charge in [0.05, 0.1) is 38.8 Å². The van der Waals surface area contributed by atoms with Crippen LogP contribution in [0.4, 0.5) is 0 Å². The summed E-state index contributed by atoms with van der Waals surface area (Å²) >= 11 is 0. The lowest BCUT2D eigenvalue weighted by Crippen LogP contribution is -2.33. The Kier molecular flexibility index (Phi) is 16.3. The number of hydrogen-bond acceptors (Lipinski definition) is 11. The molecule has 0 fully saturated rings. The van der Waals surface area contributed by atoms with Gasteiger partial charge in [-0.3, -0.25) is 9.13 Å². The predicted octanol–water partition coefficient (Wildman–Crippen LogP) is 4.90. The minimum absolute atomic E-state index is 0.323. The molecule has 13 heteroatoms. The Balaban J connectivity index is 1.29. The van der Waals surface area contributed by atoms with Gasteiger partial charge in [-0.2, -0.15) is 0 Å². The van der Waals surface area contributed by atoms with Crippen molar-refractivity contribution in [1.82, 2.24) is 25.9 Å². The molecule has 0 radical (unpaired) electrons. The van der Waals surface area contributed by atoms with Crippen LogP contribution in [0.15, 0.2) is 72.8 Å². The van der Waals surface area contributed by atoms with Gasteiger partial charge in [0.15, 0.2) is 0 Å². The molecule has 2 atom stereocenters. The van der Waals surface area contributed by atoms with E-state index >= 15 is 0 Å². The first-order chi connectivity index (χ1) is 25.5. The van der Waals surface area contributed by atoms with Gasteiger partial charge in [-0.1, -0.05) is 23.7 Å². The number of methoxy groups -OCH3 is 2. The fraction of sp³-hybridized carbons (Fsp3) is 0.350. The molecule has 2 aromatic heterocycles. The van der Waals surface area contributed by atoms with Crippen LogP contribution >= 0.6 is 14.7 Å². The third kappa shape index (κ3) is 13.6. The van der Waals surface area contributed by atoms with Crippen LogP contribution in [-0.4, -0.2) is 76.9 Å². The number of rotatable bonds is 18. The van der Waals surface area contributed by atoms with E-state index in [4.69, 9.17) is 18.5 Å². The van der Waals surface area contributed by atoms with Gasteiger partial charge in [0.25, 0.3) is 0 Å². The monoisotopic (exact) mass is 757 g/mol. The summed E-state index contributed by atoms with van der Waals surface area (Å²) in [5, 5.41) is 10.2. The van der Waals surface area contributed by atoms with Gasteiger partial charge >= 0.3 is 0 Å². The summed E-state index contributed by atoms with van der Waals surface area (Å²) in [5.41, 5.74) is 5.37. The molecule has 0 bridgehead atoms. The van der Waals surface area contributed by atoms with E-state index < -0.39 is 14.7 Å². The molecule has 2 aromatic carbocycles. The third-order valence-corrected chi connectivity index (χ3v) is 11.4. The first-order valence-electron chi connectivity index (χ1n) is 17.5. The SMILES string of the molecule is CCOP(C)(=O)c1cc(C#Cc2ccc(OC)cc2)cc(CNCCNCCNCc2cc(C#Cc3ccc(OC)cc3)cc(P(C)(=O)OCC)n2)n1. The molecule has 0 aliphatic heterocycles. The average molecular weight is 758 g/mol. The van der Waals surface area contributed by atoms with E-state index in [9.17, 15) is 9.13 Å². The zero-order valence-electron chi connectivity index (χ0n) is 31.3. The van der Waals surface area contributed by atoms with E-state index in [0.717, 1.165) is 47.1 Å². The summed E-state index contributed by atoms with van der Waals surface area (Å²) in [7, 11) is -2.96. The standard InChI is InChI=1S/C40H49N5O6P2/c1-7-50-52(5,46)39-27-33(11-9-31-13-17-37(48-3)18-14-31)25-35(44-39)29-42-23-21-41-22-24-43-30-36-26-34(28-40(45-36)53(6,47)51-8-2)12-10-32-15-19-38(49-4)20-16-32/h13-20,25-28,41-43H,7-8,21-24,29-30H2,1-6H3. The topological polar surface area (TPSA) is 133 Å². The Morgan fingerprint density at radius 2 is 0.906 bits per heavy atom. The Labute approximate surface area is 313 Å². The lowest BCUT2D eigenvalue weighted by molar-refractivity contribution is 0.343. The van der Waals surface area contributed by atoms with E-state index in [-0.39, 0.29) is 0 Å². The van der Waals surface area contributed by atoms with Crippen molar-refractivity contribution in [2.24, 2.45) is 0 Å². The zero-order chi connectivity index (χ0) is 38.1. The van der Waals surface area contributed by atoms with Crippen molar-refractivity contribution in [3.63, 3.8) is 0 Å². The van der Waals surface area contributed by atoms with E-state index in [1.165, 1.54) is 0 Å². The molecule has 0 aliphatic rings. The van der Waals surface area contributed by atoms with E-state index in [1.54, 1.807) is 39.7 Å². The molecule has 3 N–H and O–H groups in total. The molecule has 2 unspecified atom stereocenters. The van der Waals surface area contributed by atoms with Crippen molar-refractivity contribution in [2.45, 2.75) is 26.9 Å². The maximum atomic E-state index is 13.2. The van der Waals surface area contributed by atoms with Crippen LogP contribution in [0.1, 0.15) is 47.5 Å². The van der Waals surface area contributed by atoms with Crippen LogP contribution in [0.3, 0.4) is 0 Å². The van der Waals surface area contributed by atoms with Gasteiger partial charge in [-0.15, -0.1) is 0 Å². The first kappa shape index (κ1) is 41.5. The molecule has 2 heterocycles. The largest absolute Gasteiger partial charge is 0.497 e. The number of aromatic nitrogens is 2. The Hall–Kier alpha value is -4.28. The second-order valence-corrected chi connectivity index (χ2v) is 16.8. The van der Waals surface area contributed by atoms with Crippen LogP contribution in [0.2, 0.25) is 0 Å². The quantitative estimate of drug-likeness (QED) is 0.0728. The molecule has 4 rings (SSSR count). The number of nitrogens with one attached hydrogen (secondary N) is 3. The molecular weight excluding hydrogens is 708 g/mol. The lowest BCUT2D eigenvalue weighted by atomic mass is 10.2. The second kappa shape index (κ2) is 20.8. The number of nitrogens with zero attached hydrogens (tertiary/aromatic N) is 2. The van der Waals surface area contributed by atoms with E-state index in [0.29, 0.717) is 61.4 Å². The molecule has 0 saturated carbocycles. The highest BCUT2D eigenvalue weighted by molar-refractivity contribution is 7.66. The van der Waals surface area contributed by atoms with Crippen molar-refractivity contribution in [2.75, 3.05) is 66.9 Å². The van der Waals surface area contributed by atoms with Crippen LogP contribution in [0.25, 0.3) is 0 Å². The zero-order valence-corrected chi connectivity index (χ0v) is 33.1. The lowest BCUT2D eigenvalue weighted by Gasteiger charge is -2.14. The summed E-state index contributed by atoms with van der Waals surface area (Å²) in [5.74, 6) is 14.2. The van der Waals surface area contributed by atoms with E-state index in [2.05, 4.69) is 49.6 Å². The van der Waals surface area contributed by atoms with E-state index in [1.807, 2.05) is 74.5 Å². The predicted molar refractivity (Wildman–Crippen MR) is 212 cm³/mol. The smallest absolute Gasteiger partial charge is 0.247 e. The maximum absolute atomic E-state index is 13.2. The highest BCUT2D eigenvalue weighted by atomic mass is 31.2. The summed E-state index contributed by atoms with van der Waals surface area (Å²) in [6.07, 6.45) is 0. The highest BCUT2D eigenvalue weighted by Gasteiger charge is 2.23. The van der Waals surface area contributed by atoms with Gasteiger partial charge in [0.1, 0.15) is 22.4 Å². The van der Waals surface area contributed by atoms with Crippen LogP contribution in [0.5, 0.6) is 11.5 Å². The number of pyridine rings is 2. The number of benzene rings is 2. The van der Waals surface area contributed by atoms with Crippen LogP contribution in [-0.2, 0) is 31.3 Å².